The van der Waals surface area contributed by atoms with Gasteiger partial charge in [-0.05, 0) is 30.4 Å². The van der Waals surface area contributed by atoms with E-state index in [1.807, 2.05) is 11.3 Å². The van der Waals surface area contributed by atoms with E-state index in [0.29, 0.717) is 0 Å². The Hall–Kier alpha value is 0.0100. The Labute approximate surface area is 102 Å². The fraction of sp³-hybridized carbons (Fsp3) is 0.667. The number of aryl methyl sites for hydroxylation is 1. The van der Waals surface area contributed by atoms with Gasteiger partial charge in [0.2, 0.25) is 0 Å². The summed E-state index contributed by atoms with van der Waals surface area (Å²) in [5, 5.41) is 6.47. The Morgan fingerprint density at radius 2 is 2.33 bits per heavy atom. The van der Waals surface area contributed by atoms with E-state index in [-0.39, 0.29) is 0 Å². The molecular formula is C12H21NS2. The molecule has 0 bridgehead atoms. The fourth-order valence-corrected chi connectivity index (χ4v) is 3.01. The summed E-state index contributed by atoms with van der Waals surface area (Å²) in [5.74, 6) is 1.22. The first kappa shape index (κ1) is 13.1. The molecule has 0 amide bonds. The largest absolute Gasteiger partial charge is 0.311 e. The van der Waals surface area contributed by atoms with Crippen molar-refractivity contribution in [3.8, 4) is 0 Å². The van der Waals surface area contributed by atoms with Gasteiger partial charge in [-0.15, -0.1) is 11.3 Å². The van der Waals surface area contributed by atoms with Crippen molar-refractivity contribution in [3.05, 3.63) is 21.9 Å². The van der Waals surface area contributed by atoms with E-state index >= 15 is 0 Å². The lowest BCUT2D eigenvalue weighted by Crippen LogP contribution is -2.17. The highest BCUT2D eigenvalue weighted by Gasteiger charge is 2.00. The van der Waals surface area contributed by atoms with E-state index in [1.165, 1.54) is 22.6 Å². The van der Waals surface area contributed by atoms with Crippen LogP contribution in [0.1, 0.15) is 30.7 Å². The number of nitrogens with one attached hydrogen (secondary N) is 1. The Kier molecular flexibility index (Phi) is 6.37. The smallest absolute Gasteiger partial charge is 0.0302 e. The van der Waals surface area contributed by atoms with E-state index in [9.17, 15) is 0 Å². The molecule has 0 aliphatic rings. The van der Waals surface area contributed by atoms with Crippen molar-refractivity contribution in [1.29, 1.82) is 0 Å². The van der Waals surface area contributed by atoms with Crippen molar-refractivity contribution >= 4 is 23.1 Å². The first-order chi connectivity index (χ1) is 7.24. The molecule has 0 saturated heterocycles. The maximum absolute atomic E-state index is 3.50. The van der Waals surface area contributed by atoms with Gasteiger partial charge in [-0.1, -0.05) is 13.8 Å². The second-order valence-corrected chi connectivity index (χ2v) is 6.34. The van der Waals surface area contributed by atoms with Gasteiger partial charge in [0.1, 0.15) is 0 Å². The van der Waals surface area contributed by atoms with Gasteiger partial charge in [0, 0.05) is 29.0 Å². The Morgan fingerprint density at radius 3 is 2.93 bits per heavy atom. The monoisotopic (exact) mass is 243 g/mol. The molecule has 1 N–H and O–H groups in total. The molecule has 1 rings (SSSR count). The molecule has 1 nitrogen and oxygen atoms in total. The predicted molar refractivity (Wildman–Crippen MR) is 73.0 cm³/mol. The zero-order valence-corrected chi connectivity index (χ0v) is 11.5. The zero-order chi connectivity index (χ0) is 11.1. The normalized spacial score (nSPS) is 13.0. The summed E-state index contributed by atoms with van der Waals surface area (Å²) in [4.78, 5) is 1.48. The van der Waals surface area contributed by atoms with E-state index in [4.69, 9.17) is 0 Å². The molecule has 1 unspecified atom stereocenters. The summed E-state index contributed by atoms with van der Waals surface area (Å²) < 4.78 is 0. The second kappa shape index (κ2) is 7.31. The molecule has 0 aliphatic carbocycles. The predicted octanol–water partition coefficient (Wildman–Crippen LogP) is 3.68. The van der Waals surface area contributed by atoms with Gasteiger partial charge >= 0.3 is 0 Å². The molecule has 1 aromatic rings. The van der Waals surface area contributed by atoms with E-state index in [0.717, 1.165) is 18.3 Å². The molecule has 0 spiro atoms. The van der Waals surface area contributed by atoms with Crippen molar-refractivity contribution in [3.63, 3.8) is 0 Å². The highest BCUT2D eigenvalue weighted by atomic mass is 32.2. The molecular weight excluding hydrogens is 222 g/mol. The Bertz CT molecular complexity index is 270. The topological polar surface area (TPSA) is 12.0 Å². The average Bonchev–Trinajstić information content (AvgIpc) is 2.63. The minimum absolute atomic E-state index is 0.801. The van der Waals surface area contributed by atoms with Crippen molar-refractivity contribution in [1.82, 2.24) is 5.32 Å². The van der Waals surface area contributed by atoms with Crippen molar-refractivity contribution in [2.45, 2.75) is 39.0 Å². The maximum Gasteiger partial charge on any atom is 0.0302 e. The van der Waals surface area contributed by atoms with Crippen LogP contribution >= 0.6 is 23.1 Å². The number of hydrogen-bond acceptors (Lipinski definition) is 3. The average molecular weight is 243 g/mol. The van der Waals surface area contributed by atoms with Crippen LogP contribution in [0.2, 0.25) is 0 Å². The minimum Gasteiger partial charge on any atom is -0.311 e. The Morgan fingerprint density at radius 1 is 1.53 bits per heavy atom. The van der Waals surface area contributed by atoms with Crippen LogP contribution in [0.15, 0.2) is 11.4 Å². The third-order valence-corrected chi connectivity index (χ3v) is 4.88. The molecule has 86 valence electrons. The molecule has 3 heteroatoms. The summed E-state index contributed by atoms with van der Waals surface area (Å²) in [6.45, 7) is 8.88. The number of rotatable bonds is 7. The lowest BCUT2D eigenvalue weighted by atomic mass is 10.3. The number of hydrogen-bond donors (Lipinski definition) is 1. The highest BCUT2D eigenvalue weighted by molar-refractivity contribution is 7.99. The molecule has 0 radical (unpaired) electrons. The van der Waals surface area contributed by atoms with Gasteiger partial charge in [-0.3, -0.25) is 0 Å². The van der Waals surface area contributed by atoms with Gasteiger partial charge in [0.15, 0.2) is 0 Å². The van der Waals surface area contributed by atoms with Crippen molar-refractivity contribution < 1.29 is 0 Å². The van der Waals surface area contributed by atoms with Gasteiger partial charge in [0.25, 0.3) is 0 Å². The van der Waals surface area contributed by atoms with Crippen LogP contribution in [0, 0.1) is 6.92 Å². The molecule has 1 atom stereocenters. The van der Waals surface area contributed by atoms with Gasteiger partial charge < -0.3 is 5.32 Å². The third kappa shape index (κ3) is 5.05. The standard InChI is InChI=1S/C12H21NS2/c1-4-11(3)14-8-6-13-9-12-10(2)5-7-15-12/h5,7,11,13H,4,6,8-9H2,1-3H3. The second-order valence-electron chi connectivity index (χ2n) is 3.79. The SMILES string of the molecule is CCC(C)SCCNCc1sccc1C. The van der Waals surface area contributed by atoms with Crippen LogP contribution in [0.4, 0.5) is 0 Å². The first-order valence-electron chi connectivity index (χ1n) is 5.59. The van der Waals surface area contributed by atoms with Gasteiger partial charge in [-0.25, -0.2) is 0 Å². The van der Waals surface area contributed by atoms with Crippen LogP contribution < -0.4 is 5.32 Å². The van der Waals surface area contributed by atoms with Crippen LogP contribution in [-0.4, -0.2) is 17.5 Å². The lowest BCUT2D eigenvalue weighted by molar-refractivity contribution is 0.736. The van der Waals surface area contributed by atoms with Crippen molar-refractivity contribution in [2.24, 2.45) is 0 Å². The summed E-state index contributed by atoms with van der Waals surface area (Å²) in [7, 11) is 0. The summed E-state index contributed by atoms with van der Waals surface area (Å²) in [6.07, 6.45) is 1.27. The molecule has 15 heavy (non-hydrogen) atoms. The molecule has 0 aliphatic heterocycles. The summed E-state index contributed by atoms with van der Waals surface area (Å²) >= 11 is 3.91. The molecule has 0 aromatic carbocycles. The quantitative estimate of drug-likeness (QED) is 0.733. The maximum atomic E-state index is 3.50. The van der Waals surface area contributed by atoms with E-state index < -0.39 is 0 Å². The molecule has 0 fully saturated rings. The molecule has 0 saturated carbocycles. The van der Waals surface area contributed by atoms with Crippen LogP contribution in [0.25, 0.3) is 0 Å². The van der Waals surface area contributed by atoms with Gasteiger partial charge in [-0.2, -0.15) is 11.8 Å². The van der Waals surface area contributed by atoms with Crippen LogP contribution in [0.3, 0.4) is 0 Å². The lowest BCUT2D eigenvalue weighted by Gasteiger charge is -2.08. The highest BCUT2D eigenvalue weighted by Crippen LogP contribution is 2.15. The fourth-order valence-electron chi connectivity index (χ4n) is 1.24. The van der Waals surface area contributed by atoms with Crippen LogP contribution in [0.5, 0.6) is 0 Å². The molecule has 1 aromatic heterocycles. The minimum atomic E-state index is 0.801. The van der Waals surface area contributed by atoms with E-state index in [2.05, 4.69) is 49.3 Å². The van der Waals surface area contributed by atoms with E-state index in [1.54, 1.807) is 0 Å². The number of thioether (sulfide) groups is 1. The molecule has 1 heterocycles. The summed E-state index contributed by atoms with van der Waals surface area (Å²) in [6, 6.07) is 2.19. The van der Waals surface area contributed by atoms with Gasteiger partial charge in [0.05, 0.1) is 0 Å². The first-order valence-corrected chi connectivity index (χ1v) is 7.52. The van der Waals surface area contributed by atoms with Crippen molar-refractivity contribution in [2.75, 3.05) is 12.3 Å². The Balaban J connectivity index is 2.05. The summed E-state index contributed by atoms with van der Waals surface area (Å²) in [5.41, 5.74) is 1.42. The third-order valence-electron chi connectivity index (χ3n) is 2.51. The number of thiophene rings is 1. The van der Waals surface area contributed by atoms with Crippen LogP contribution in [-0.2, 0) is 6.54 Å². The zero-order valence-electron chi connectivity index (χ0n) is 9.88.